The van der Waals surface area contributed by atoms with E-state index in [2.05, 4.69) is 66.1 Å². The Hall–Kier alpha value is -2.33. The molecule has 0 aliphatic rings. The van der Waals surface area contributed by atoms with Crippen molar-refractivity contribution in [3.05, 3.63) is 59.7 Å². The maximum absolute atomic E-state index is 5.62. The third-order valence-electron chi connectivity index (χ3n) is 3.94. The summed E-state index contributed by atoms with van der Waals surface area (Å²) in [6.45, 7) is 7.41. The van der Waals surface area contributed by atoms with Gasteiger partial charge in [0.2, 0.25) is 5.95 Å². The number of nitrogens with one attached hydrogen (secondary N) is 1. The molecule has 0 saturated heterocycles. The minimum atomic E-state index is 0.171. The molecule has 0 amide bonds. The molecule has 22 heavy (non-hydrogen) atoms. The molecule has 0 unspecified atom stereocenters. The molecular weight excluding hydrogens is 272 g/mol. The monoisotopic (exact) mass is 294 g/mol. The van der Waals surface area contributed by atoms with Gasteiger partial charge in [-0.3, -0.25) is 5.43 Å². The standard InChI is InChI=1S/C18H22N4/c1-18(2,3)14-10-8-13(9-11-14)12-22-16-7-5-4-6-15(16)20-17(22)21-19/h4-11H,12,19H2,1-3H3,(H,20,21). The largest absolute Gasteiger partial charge is 0.305 e. The molecule has 0 aliphatic heterocycles. The molecular formula is C18H22N4. The third kappa shape index (κ3) is 2.70. The topological polar surface area (TPSA) is 55.9 Å². The first-order chi connectivity index (χ1) is 10.5. The van der Waals surface area contributed by atoms with Crippen molar-refractivity contribution < 1.29 is 0 Å². The minimum absolute atomic E-state index is 0.171. The molecule has 0 atom stereocenters. The molecule has 3 N–H and O–H groups in total. The normalized spacial score (nSPS) is 11.8. The van der Waals surface area contributed by atoms with Gasteiger partial charge < -0.3 is 4.57 Å². The number of benzene rings is 2. The second-order valence-electron chi connectivity index (χ2n) is 6.60. The first-order valence-corrected chi connectivity index (χ1v) is 7.50. The van der Waals surface area contributed by atoms with E-state index < -0.39 is 0 Å². The minimum Gasteiger partial charge on any atom is -0.305 e. The highest BCUT2D eigenvalue weighted by atomic mass is 15.3. The fourth-order valence-corrected chi connectivity index (χ4v) is 2.64. The lowest BCUT2D eigenvalue weighted by Gasteiger charge is -2.19. The Morgan fingerprint density at radius 3 is 2.36 bits per heavy atom. The number of nitrogen functional groups attached to an aromatic ring is 1. The Balaban J connectivity index is 1.96. The van der Waals surface area contributed by atoms with Crippen LogP contribution in [0.25, 0.3) is 11.0 Å². The van der Waals surface area contributed by atoms with E-state index in [1.807, 2.05) is 18.2 Å². The summed E-state index contributed by atoms with van der Waals surface area (Å²) >= 11 is 0. The molecule has 1 aromatic heterocycles. The van der Waals surface area contributed by atoms with Crippen LogP contribution in [0.2, 0.25) is 0 Å². The van der Waals surface area contributed by atoms with Gasteiger partial charge in [-0.05, 0) is 28.7 Å². The Bertz CT molecular complexity index is 779. The van der Waals surface area contributed by atoms with Crippen molar-refractivity contribution in [1.29, 1.82) is 0 Å². The summed E-state index contributed by atoms with van der Waals surface area (Å²) < 4.78 is 2.10. The number of aromatic nitrogens is 2. The highest BCUT2D eigenvalue weighted by Gasteiger charge is 2.14. The summed E-state index contributed by atoms with van der Waals surface area (Å²) in [5.41, 5.74) is 7.45. The van der Waals surface area contributed by atoms with E-state index in [9.17, 15) is 0 Å². The van der Waals surface area contributed by atoms with Crippen LogP contribution in [0.4, 0.5) is 5.95 Å². The van der Waals surface area contributed by atoms with Crippen LogP contribution in [0.5, 0.6) is 0 Å². The molecule has 1 heterocycles. The molecule has 3 rings (SSSR count). The van der Waals surface area contributed by atoms with Crippen LogP contribution in [0.15, 0.2) is 48.5 Å². The highest BCUT2D eigenvalue weighted by Crippen LogP contribution is 2.24. The van der Waals surface area contributed by atoms with Crippen LogP contribution in [-0.2, 0) is 12.0 Å². The smallest absolute Gasteiger partial charge is 0.218 e. The zero-order chi connectivity index (χ0) is 15.7. The number of anilines is 1. The van der Waals surface area contributed by atoms with Gasteiger partial charge in [0.1, 0.15) is 0 Å². The van der Waals surface area contributed by atoms with Gasteiger partial charge in [-0.15, -0.1) is 0 Å². The van der Waals surface area contributed by atoms with Crippen molar-refractivity contribution in [3.8, 4) is 0 Å². The molecule has 4 nitrogen and oxygen atoms in total. The average Bonchev–Trinajstić information content (AvgIpc) is 2.85. The van der Waals surface area contributed by atoms with Crippen LogP contribution < -0.4 is 11.3 Å². The van der Waals surface area contributed by atoms with E-state index in [4.69, 9.17) is 5.84 Å². The number of para-hydroxylation sites is 2. The van der Waals surface area contributed by atoms with E-state index in [-0.39, 0.29) is 5.41 Å². The zero-order valence-electron chi connectivity index (χ0n) is 13.3. The van der Waals surface area contributed by atoms with Gasteiger partial charge in [-0.25, -0.2) is 10.8 Å². The van der Waals surface area contributed by atoms with Crippen molar-refractivity contribution in [1.82, 2.24) is 9.55 Å². The van der Waals surface area contributed by atoms with Gasteiger partial charge in [0.05, 0.1) is 17.6 Å². The number of hydrogen-bond acceptors (Lipinski definition) is 3. The Morgan fingerprint density at radius 2 is 1.73 bits per heavy atom. The molecule has 114 valence electrons. The van der Waals surface area contributed by atoms with Crippen molar-refractivity contribution in [3.63, 3.8) is 0 Å². The van der Waals surface area contributed by atoms with E-state index in [1.165, 1.54) is 11.1 Å². The van der Waals surface area contributed by atoms with Crippen LogP contribution in [-0.4, -0.2) is 9.55 Å². The van der Waals surface area contributed by atoms with Crippen molar-refractivity contribution in [2.45, 2.75) is 32.7 Å². The molecule has 0 bridgehead atoms. The van der Waals surface area contributed by atoms with Gasteiger partial charge in [0.25, 0.3) is 0 Å². The van der Waals surface area contributed by atoms with E-state index in [1.54, 1.807) is 0 Å². The molecule has 4 heteroatoms. The SMILES string of the molecule is CC(C)(C)c1ccc(Cn2c(NN)nc3ccccc32)cc1. The maximum atomic E-state index is 5.62. The van der Waals surface area contributed by atoms with Gasteiger partial charge in [0.15, 0.2) is 0 Å². The first kappa shape index (κ1) is 14.6. The molecule has 0 aliphatic carbocycles. The van der Waals surface area contributed by atoms with Gasteiger partial charge in [-0.2, -0.15) is 0 Å². The number of hydrogen-bond donors (Lipinski definition) is 2. The number of fused-ring (bicyclic) bond motifs is 1. The van der Waals surface area contributed by atoms with Gasteiger partial charge in [-0.1, -0.05) is 57.2 Å². The van der Waals surface area contributed by atoms with Crippen molar-refractivity contribution in [2.24, 2.45) is 5.84 Å². The summed E-state index contributed by atoms with van der Waals surface area (Å²) in [7, 11) is 0. The second-order valence-corrected chi connectivity index (χ2v) is 6.60. The third-order valence-corrected chi connectivity index (χ3v) is 3.94. The summed E-state index contributed by atoms with van der Waals surface area (Å²) in [4.78, 5) is 4.51. The van der Waals surface area contributed by atoms with E-state index in [0.29, 0.717) is 5.95 Å². The second kappa shape index (κ2) is 5.46. The van der Waals surface area contributed by atoms with E-state index in [0.717, 1.165) is 17.6 Å². The Labute approximate surface area is 130 Å². The number of imidazole rings is 1. The Morgan fingerprint density at radius 1 is 1.05 bits per heavy atom. The number of rotatable bonds is 3. The summed E-state index contributed by atoms with van der Waals surface area (Å²) in [6, 6.07) is 16.8. The molecule has 0 radical (unpaired) electrons. The molecule has 0 fully saturated rings. The first-order valence-electron chi connectivity index (χ1n) is 7.50. The molecule has 3 aromatic rings. The molecule has 2 aromatic carbocycles. The van der Waals surface area contributed by atoms with Gasteiger partial charge >= 0.3 is 0 Å². The Kier molecular flexibility index (Phi) is 3.62. The lowest BCUT2D eigenvalue weighted by atomic mass is 9.87. The lowest BCUT2D eigenvalue weighted by molar-refractivity contribution is 0.590. The molecule has 0 saturated carbocycles. The number of hydrazine groups is 1. The highest BCUT2D eigenvalue weighted by molar-refractivity contribution is 5.78. The van der Waals surface area contributed by atoms with Crippen LogP contribution in [0, 0.1) is 0 Å². The van der Waals surface area contributed by atoms with E-state index >= 15 is 0 Å². The number of nitrogens with zero attached hydrogens (tertiary/aromatic N) is 2. The lowest BCUT2D eigenvalue weighted by Crippen LogP contribution is -2.14. The maximum Gasteiger partial charge on any atom is 0.218 e. The quantitative estimate of drug-likeness (QED) is 0.572. The molecule has 0 spiro atoms. The van der Waals surface area contributed by atoms with Crippen LogP contribution in [0.3, 0.4) is 0 Å². The fourth-order valence-electron chi connectivity index (χ4n) is 2.64. The predicted molar refractivity (Wildman–Crippen MR) is 91.8 cm³/mol. The van der Waals surface area contributed by atoms with Crippen molar-refractivity contribution in [2.75, 3.05) is 5.43 Å². The van der Waals surface area contributed by atoms with Crippen molar-refractivity contribution >= 4 is 17.0 Å². The summed E-state index contributed by atoms with van der Waals surface area (Å²) in [5, 5.41) is 0. The fraction of sp³-hybridized carbons (Fsp3) is 0.278. The van der Waals surface area contributed by atoms with Gasteiger partial charge in [0, 0.05) is 0 Å². The average molecular weight is 294 g/mol. The zero-order valence-corrected chi connectivity index (χ0v) is 13.3. The van der Waals surface area contributed by atoms with Crippen LogP contribution in [0.1, 0.15) is 31.9 Å². The predicted octanol–water partition coefficient (Wildman–Crippen LogP) is 3.67. The summed E-state index contributed by atoms with van der Waals surface area (Å²) in [6.07, 6.45) is 0. The number of nitrogens with two attached hydrogens (primary N) is 1. The van der Waals surface area contributed by atoms with Crippen LogP contribution >= 0.6 is 0 Å². The summed E-state index contributed by atoms with van der Waals surface area (Å²) in [5.74, 6) is 6.30.